The Morgan fingerprint density at radius 1 is 1.35 bits per heavy atom. The number of thiazole rings is 1. The van der Waals surface area contributed by atoms with Crippen molar-refractivity contribution in [2.45, 2.75) is 30.0 Å². The molecule has 0 radical (unpaired) electrons. The van der Waals surface area contributed by atoms with E-state index in [4.69, 9.17) is 27.1 Å². The van der Waals surface area contributed by atoms with Gasteiger partial charge in [-0.3, -0.25) is 14.5 Å². The van der Waals surface area contributed by atoms with Gasteiger partial charge in [0.1, 0.15) is 17.1 Å². The number of fused-ring (bicyclic) bond motifs is 1. The first-order valence-electron chi connectivity index (χ1n) is 11.4. The molecule has 2 amide bonds. The third-order valence-electron chi connectivity index (χ3n) is 5.61. The van der Waals surface area contributed by atoms with Gasteiger partial charge >= 0.3 is 11.1 Å². The smallest absolute Gasteiger partial charge is 0.344 e. The van der Waals surface area contributed by atoms with Crippen LogP contribution < -0.4 is 32.2 Å². The molecule has 8 N–H and O–H groups in total. The first-order chi connectivity index (χ1) is 19.0. The fourth-order valence-electron chi connectivity index (χ4n) is 3.87. The van der Waals surface area contributed by atoms with Crippen LogP contribution in [0.1, 0.15) is 12.6 Å². The molecule has 1 saturated heterocycles. The Labute approximate surface area is 238 Å². The molecule has 2 aromatic rings. The molecule has 4 rings (SSSR count). The maximum absolute atomic E-state index is 13.1. The molecule has 4 heterocycles. The minimum Gasteiger partial charge on any atom is -0.543 e. The number of nitrogens with one attached hydrogen (secondary N) is 1. The molecule has 2 aromatic heterocycles. The quantitative estimate of drug-likeness (QED) is 0.0444. The van der Waals surface area contributed by atoms with Crippen molar-refractivity contribution in [3.63, 3.8) is 0 Å². The number of hydrogen-bond acceptors (Lipinski definition) is 15. The molecule has 0 aromatic carbocycles. The summed E-state index contributed by atoms with van der Waals surface area (Å²) in [6, 6.07) is 0.421. The van der Waals surface area contributed by atoms with E-state index in [1.165, 1.54) is 35.0 Å². The molecule has 2 aliphatic rings. The molecule has 16 nitrogen and oxygen atoms in total. The van der Waals surface area contributed by atoms with E-state index in [-0.39, 0.29) is 33.8 Å². The van der Waals surface area contributed by atoms with Crippen LogP contribution in [0.3, 0.4) is 0 Å². The molecule has 40 heavy (non-hydrogen) atoms. The predicted octanol–water partition coefficient (Wildman–Crippen LogP) is -2.41. The van der Waals surface area contributed by atoms with Crippen LogP contribution in [0.25, 0.3) is 0 Å². The Hall–Kier alpha value is -4.10. The molecule has 0 bridgehead atoms. The Kier molecular flexibility index (Phi) is 8.64. The number of anilines is 3. The first kappa shape index (κ1) is 28.9. The molecule has 0 saturated carbocycles. The Bertz CT molecular complexity index is 1440. The second kappa shape index (κ2) is 12.0. The van der Waals surface area contributed by atoms with Crippen molar-refractivity contribution in [1.29, 1.82) is 0 Å². The number of carbonyl (C=O) groups is 4. The maximum Gasteiger partial charge on any atom is 0.344 e. The summed E-state index contributed by atoms with van der Waals surface area (Å²) in [5.74, 6) is -3.41. The van der Waals surface area contributed by atoms with Gasteiger partial charge in [0, 0.05) is 16.9 Å². The Morgan fingerprint density at radius 3 is 2.73 bits per heavy atom. The summed E-state index contributed by atoms with van der Waals surface area (Å²) in [6.07, 6.45) is 0. The number of carboxylic acids is 2. The SMILES string of the molecule is CC[n+]1c(N)cc(N)nc1SCC1=C(C(=O)[O-])N2C(=O)C(NC(=O)/C(=N\OCC(=O)O)c3csc(N)n3)[C@H]2SC1. The molecule has 19 heteroatoms. The molecular weight excluding hydrogens is 586 g/mol. The van der Waals surface area contributed by atoms with E-state index >= 15 is 0 Å². The topological polar surface area (TPSA) is 256 Å². The highest BCUT2D eigenvalue weighted by molar-refractivity contribution is 8.01. The average molecular weight is 610 g/mol. The average Bonchev–Trinajstić information content (AvgIpc) is 3.32. The molecule has 2 atom stereocenters. The van der Waals surface area contributed by atoms with Crippen molar-refractivity contribution in [2.24, 2.45) is 5.16 Å². The molecule has 0 spiro atoms. The van der Waals surface area contributed by atoms with Crippen molar-refractivity contribution in [3.05, 3.63) is 28.4 Å². The fourth-order valence-corrected chi connectivity index (χ4v) is 6.99. The number of nitrogens with two attached hydrogens (primary N) is 3. The van der Waals surface area contributed by atoms with Gasteiger partial charge in [-0.05, 0) is 24.3 Å². The van der Waals surface area contributed by atoms with Crippen LogP contribution >= 0.6 is 34.9 Å². The van der Waals surface area contributed by atoms with Gasteiger partial charge in [0.15, 0.2) is 10.8 Å². The van der Waals surface area contributed by atoms with Crippen molar-refractivity contribution >= 4 is 81.1 Å². The lowest BCUT2D eigenvalue weighted by Gasteiger charge is -2.50. The monoisotopic (exact) mass is 609 g/mol. The normalized spacial score (nSPS) is 18.7. The maximum atomic E-state index is 13.1. The van der Waals surface area contributed by atoms with Gasteiger partial charge in [-0.2, -0.15) is 0 Å². The zero-order valence-electron chi connectivity index (χ0n) is 20.7. The van der Waals surface area contributed by atoms with Gasteiger partial charge in [0.25, 0.3) is 11.8 Å². The second-order valence-corrected chi connectivity index (χ2v) is 11.1. The third kappa shape index (κ3) is 5.89. The van der Waals surface area contributed by atoms with Gasteiger partial charge in [-0.25, -0.2) is 14.3 Å². The van der Waals surface area contributed by atoms with Crippen LogP contribution in [0.4, 0.5) is 16.8 Å². The predicted molar refractivity (Wildman–Crippen MR) is 143 cm³/mol. The van der Waals surface area contributed by atoms with Crippen LogP contribution in [0, 0.1) is 0 Å². The summed E-state index contributed by atoms with van der Waals surface area (Å²) >= 11 is 3.48. The number of thioether (sulfide) groups is 2. The summed E-state index contributed by atoms with van der Waals surface area (Å²) in [6.45, 7) is 1.56. The Morgan fingerprint density at radius 2 is 2.10 bits per heavy atom. The van der Waals surface area contributed by atoms with E-state index in [9.17, 15) is 24.3 Å². The molecule has 0 aliphatic carbocycles. The summed E-state index contributed by atoms with van der Waals surface area (Å²) in [5, 5.41) is 28.2. The van der Waals surface area contributed by atoms with E-state index in [0.29, 0.717) is 23.1 Å². The molecule has 1 unspecified atom stereocenters. The number of aromatic nitrogens is 3. The lowest BCUT2D eigenvalue weighted by molar-refractivity contribution is -0.719. The summed E-state index contributed by atoms with van der Waals surface area (Å²) < 4.78 is 1.72. The van der Waals surface area contributed by atoms with E-state index in [0.717, 1.165) is 16.2 Å². The number of nitrogen functional groups attached to an aromatic ring is 3. The highest BCUT2D eigenvalue weighted by Crippen LogP contribution is 2.41. The minimum absolute atomic E-state index is 0.0139. The van der Waals surface area contributed by atoms with Crippen molar-refractivity contribution in [3.8, 4) is 0 Å². The zero-order chi connectivity index (χ0) is 29.1. The highest BCUT2D eigenvalue weighted by atomic mass is 32.2. The molecule has 212 valence electrons. The lowest BCUT2D eigenvalue weighted by atomic mass is 10.0. The molecule has 2 aliphatic heterocycles. The summed E-state index contributed by atoms with van der Waals surface area (Å²) in [7, 11) is 0. The number of β-lactam (4-membered cyclic amide) rings is 1. The lowest BCUT2D eigenvalue weighted by Crippen LogP contribution is -2.71. The Balaban J connectivity index is 1.51. The number of nitrogens with zero attached hydrogens (tertiary/aromatic N) is 5. The van der Waals surface area contributed by atoms with Gasteiger partial charge in [0.2, 0.25) is 18.2 Å². The van der Waals surface area contributed by atoms with Crippen LogP contribution in [0.15, 0.2) is 33.0 Å². The number of hydrogen-bond donors (Lipinski definition) is 5. The molecule has 1 fully saturated rings. The number of rotatable bonds is 11. The van der Waals surface area contributed by atoms with Crippen molar-refractivity contribution in [1.82, 2.24) is 20.2 Å². The van der Waals surface area contributed by atoms with Gasteiger partial charge < -0.3 is 42.4 Å². The zero-order valence-corrected chi connectivity index (χ0v) is 23.2. The van der Waals surface area contributed by atoms with Gasteiger partial charge in [-0.1, -0.05) is 10.1 Å². The molecular formula is C21H23N9O7S3. The number of carbonyl (C=O) groups excluding carboxylic acids is 3. The van der Waals surface area contributed by atoms with E-state index < -0.39 is 47.5 Å². The van der Waals surface area contributed by atoms with E-state index in [1.807, 2.05) is 6.92 Å². The first-order valence-corrected chi connectivity index (χ1v) is 14.3. The minimum atomic E-state index is -1.54. The number of oxime groups is 1. The fraction of sp³-hybridized carbons (Fsp3) is 0.333. The van der Waals surface area contributed by atoms with E-state index in [1.54, 1.807) is 4.57 Å². The van der Waals surface area contributed by atoms with Crippen molar-refractivity contribution in [2.75, 3.05) is 35.3 Å². The summed E-state index contributed by atoms with van der Waals surface area (Å²) in [5.41, 5.74) is 17.2. The van der Waals surface area contributed by atoms with Crippen LogP contribution in [0.5, 0.6) is 0 Å². The largest absolute Gasteiger partial charge is 0.543 e. The number of amides is 2. The second-order valence-electron chi connectivity index (χ2n) is 8.20. The standard InChI is InChI=1S/C21H23N9O7S3/c1-2-29-11(23)3-10(22)26-21(29)40-6-8-5-38-18-14(17(34)30(18)15(8)19(35)36)27-16(33)13(28-37-4-12(31)32)9-7-39-20(24)25-9/h3,7,14,18H,2,4-6H2,1H3,(H8,22,23,24,25,27,31,32,33,35,36)/b28-13-/t14?,18-/m1/s1. The third-order valence-corrected chi connectivity index (χ3v) is 8.68. The van der Waals surface area contributed by atoms with E-state index in [2.05, 4.69) is 20.4 Å². The highest BCUT2D eigenvalue weighted by Gasteiger charge is 2.53. The summed E-state index contributed by atoms with van der Waals surface area (Å²) in [4.78, 5) is 62.9. The van der Waals surface area contributed by atoms with Gasteiger partial charge in [0.05, 0.1) is 24.3 Å². The van der Waals surface area contributed by atoms with Crippen LogP contribution in [-0.2, 0) is 30.6 Å². The van der Waals surface area contributed by atoms with Gasteiger partial charge in [-0.15, -0.1) is 23.1 Å². The van der Waals surface area contributed by atoms with Crippen molar-refractivity contribution < 1.29 is 38.8 Å². The number of aliphatic carboxylic acids is 2. The number of carboxylic acid groups (broad SMARTS) is 2. The van der Waals surface area contributed by atoms with Crippen LogP contribution in [-0.4, -0.2) is 79.0 Å². The van der Waals surface area contributed by atoms with Crippen LogP contribution in [0.2, 0.25) is 0 Å².